The van der Waals surface area contributed by atoms with Crippen molar-refractivity contribution >= 4 is 15.9 Å². The molecule has 0 amide bonds. The summed E-state index contributed by atoms with van der Waals surface area (Å²) in [5, 5.41) is 0. The first-order valence-corrected chi connectivity index (χ1v) is 7.82. The molecule has 17 heavy (non-hydrogen) atoms. The Balaban J connectivity index is 2.17. The van der Waals surface area contributed by atoms with Gasteiger partial charge >= 0.3 is 0 Å². The van der Waals surface area contributed by atoms with Crippen LogP contribution >= 0.6 is 15.9 Å². The molecule has 2 saturated carbocycles. The maximum Gasteiger partial charge on any atom is 0.0628 e. The van der Waals surface area contributed by atoms with Gasteiger partial charge in [0.15, 0.2) is 0 Å². The quantitative estimate of drug-likeness (QED) is 0.554. The van der Waals surface area contributed by atoms with E-state index < -0.39 is 0 Å². The normalized spacial score (nSPS) is 39.5. The summed E-state index contributed by atoms with van der Waals surface area (Å²) in [6.45, 7) is 8.89. The number of rotatable bonds is 3. The lowest BCUT2D eigenvalue weighted by Crippen LogP contribution is -2.36. The molecule has 0 radical (unpaired) electrons. The molecule has 0 bridgehead atoms. The fraction of sp³-hybridized carbons (Fsp3) is 0.867. The third kappa shape index (κ3) is 2.49. The van der Waals surface area contributed by atoms with Crippen molar-refractivity contribution in [1.29, 1.82) is 0 Å². The lowest BCUT2D eigenvalue weighted by atomic mass is 9.72. The Morgan fingerprint density at radius 3 is 2.59 bits per heavy atom. The lowest BCUT2D eigenvalue weighted by molar-refractivity contribution is 0.00329. The SMILES string of the molecule is C=C1CC[C@@H](Br)[C@@H]2CC[C@H]([C@H](OC)C(C)C)[C@@H]12. The summed E-state index contributed by atoms with van der Waals surface area (Å²) in [6.07, 6.45) is 5.53. The molecule has 5 atom stereocenters. The molecule has 0 aromatic carbocycles. The van der Waals surface area contributed by atoms with Crippen molar-refractivity contribution in [2.75, 3.05) is 7.11 Å². The summed E-state index contributed by atoms with van der Waals surface area (Å²) >= 11 is 3.88. The van der Waals surface area contributed by atoms with Gasteiger partial charge in [-0.1, -0.05) is 41.9 Å². The average molecular weight is 301 g/mol. The van der Waals surface area contributed by atoms with E-state index in [0.29, 0.717) is 28.7 Å². The summed E-state index contributed by atoms with van der Waals surface area (Å²) < 4.78 is 5.77. The highest BCUT2D eigenvalue weighted by Gasteiger charge is 2.46. The van der Waals surface area contributed by atoms with Crippen molar-refractivity contribution in [2.45, 2.75) is 50.5 Å². The predicted molar refractivity (Wildman–Crippen MR) is 76.4 cm³/mol. The molecule has 2 aliphatic rings. The molecule has 0 aliphatic heterocycles. The number of hydrogen-bond acceptors (Lipinski definition) is 1. The Kier molecular flexibility index (Phi) is 4.35. The Labute approximate surface area is 114 Å². The van der Waals surface area contributed by atoms with Gasteiger partial charge in [-0.15, -0.1) is 0 Å². The molecule has 2 aliphatic carbocycles. The number of ether oxygens (including phenoxy) is 1. The molecule has 0 saturated heterocycles. The third-order valence-corrected chi connectivity index (χ3v) is 5.92. The van der Waals surface area contributed by atoms with Gasteiger partial charge in [-0.05, 0) is 49.4 Å². The van der Waals surface area contributed by atoms with Crippen LogP contribution in [0.2, 0.25) is 0 Å². The number of allylic oxidation sites excluding steroid dienone is 1. The molecule has 2 rings (SSSR count). The molecule has 0 aromatic heterocycles. The molecular weight excluding hydrogens is 276 g/mol. The first-order chi connectivity index (χ1) is 8.06. The Bertz CT molecular complexity index is 287. The van der Waals surface area contributed by atoms with Crippen LogP contribution in [-0.2, 0) is 4.74 Å². The van der Waals surface area contributed by atoms with Crippen LogP contribution in [0.4, 0.5) is 0 Å². The third-order valence-electron chi connectivity index (χ3n) is 4.78. The van der Waals surface area contributed by atoms with E-state index in [4.69, 9.17) is 4.74 Å². The molecule has 0 N–H and O–H groups in total. The molecule has 0 spiro atoms. The molecule has 98 valence electrons. The van der Waals surface area contributed by atoms with Gasteiger partial charge in [0.05, 0.1) is 6.10 Å². The van der Waals surface area contributed by atoms with Crippen LogP contribution in [0.1, 0.15) is 39.5 Å². The zero-order valence-corrected chi connectivity index (χ0v) is 12.9. The number of methoxy groups -OCH3 is 1. The topological polar surface area (TPSA) is 9.23 Å². The zero-order valence-electron chi connectivity index (χ0n) is 11.3. The van der Waals surface area contributed by atoms with E-state index in [9.17, 15) is 0 Å². The Morgan fingerprint density at radius 1 is 1.29 bits per heavy atom. The average Bonchev–Trinajstić information content (AvgIpc) is 2.70. The van der Waals surface area contributed by atoms with Crippen LogP contribution in [0.15, 0.2) is 12.2 Å². The minimum absolute atomic E-state index is 0.402. The standard InChI is InChI=1S/C15H25BrO/c1-9(2)15(17-4)12-7-6-11-13(16)8-5-10(3)14(11)12/h9,11-15H,3,5-8H2,1-2,4H3/t11-,12-,13+,14-,15+/m0/s1. The Hall–Kier alpha value is 0.180. The predicted octanol–water partition coefficient (Wildman–Crippen LogP) is 4.41. The highest BCUT2D eigenvalue weighted by molar-refractivity contribution is 9.09. The first-order valence-electron chi connectivity index (χ1n) is 6.90. The van der Waals surface area contributed by atoms with Gasteiger partial charge in [0.1, 0.15) is 0 Å². The van der Waals surface area contributed by atoms with Gasteiger partial charge in [-0.3, -0.25) is 0 Å². The van der Waals surface area contributed by atoms with Crippen molar-refractivity contribution in [1.82, 2.24) is 0 Å². The summed E-state index contributed by atoms with van der Waals surface area (Å²) in [6, 6.07) is 0. The number of alkyl halides is 1. The smallest absolute Gasteiger partial charge is 0.0628 e. The van der Waals surface area contributed by atoms with Crippen LogP contribution in [0, 0.1) is 23.7 Å². The molecule has 2 heteroatoms. The van der Waals surface area contributed by atoms with Crippen molar-refractivity contribution in [2.24, 2.45) is 23.7 Å². The van der Waals surface area contributed by atoms with Crippen molar-refractivity contribution in [3.8, 4) is 0 Å². The molecular formula is C15H25BrO. The number of hydrogen-bond donors (Lipinski definition) is 0. The van der Waals surface area contributed by atoms with Crippen molar-refractivity contribution in [3.63, 3.8) is 0 Å². The fourth-order valence-electron chi connectivity index (χ4n) is 4.09. The maximum absolute atomic E-state index is 5.77. The maximum atomic E-state index is 5.77. The minimum Gasteiger partial charge on any atom is -0.381 e. The zero-order chi connectivity index (χ0) is 12.6. The van der Waals surface area contributed by atoms with Gasteiger partial charge in [0, 0.05) is 11.9 Å². The lowest BCUT2D eigenvalue weighted by Gasteiger charge is -2.38. The van der Waals surface area contributed by atoms with Gasteiger partial charge in [0.2, 0.25) is 0 Å². The van der Waals surface area contributed by atoms with E-state index in [1.165, 1.54) is 31.3 Å². The molecule has 0 heterocycles. The first kappa shape index (κ1) is 13.6. The van der Waals surface area contributed by atoms with Crippen LogP contribution < -0.4 is 0 Å². The highest BCUT2D eigenvalue weighted by Crippen LogP contribution is 2.52. The highest BCUT2D eigenvalue weighted by atomic mass is 79.9. The molecule has 2 fully saturated rings. The fourth-order valence-corrected chi connectivity index (χ4v) is 4.91. The summed E-state index contributed by atoms with van der Waals surface area (Å²) in [5.41, 5.74) is 1.48. The van der Waals surface area contributed by atoms with E-state index in [2.05, 4.69) is 36.4 Å². The van der Waals surface area contributed by atoms with Crippen LogP contribution in [-0.4, -0.2) is 18.0 Å². The van der Waals surface area contributed by atoms with Crippen LogP contribution in [0.25, 0.3) is 0 Å². The Morgan fingerprint density at radius 2 is 2.00 bits per heavy atom. The molecule has 1 nitrogen and oxygen atoms in total. The second kappa shape index (κ2) is 5.44. The van der Waals surface area contributed by atoms with Gasteiger partial charge in [0.25, 0.3) is 0 Å². The summed E-state index contributed by atoms with van der Waals surface area (Å²) in [7, 11) is 1.87. The van der Waals surface area contributed by atoms with Gasteiger partial charge < -0.3 is 4.74 Å². The number of fused-ring (bicyclic) bond motifs is 1. The minimum atomic E-state index is 0.402. The number of halogens is 1. The van der Waals surface area contributed by atoms with E-state index in [1.807, 2.05) is 7.11 Å². The molecule has 0 aromatic rings. The van der Waals surface area contributed by atoms with Crippen molar-refractivity contribution < 1.29 is 4.74 Å². The van der Waals surface area contributed by atoms with E-state index in [-0.39, 0.29) is 0 Å². The van der Waals surface area contributed by atoms with Crippen molar-refractivity contribution in [3.05, 3.63) is 12.2 Å². The van der Waals surface area contributed by atoms with E-state index in [0.717, 1.165) is 5.92 Å². The summed E-state index contributed by atoms with van der Waals surface area (Å²) in [4.78, 5) is 0.702. The van der Waals surface area contributed by atoms with E-state index >= 15 is 0 Å². The van der Waals surface area contributed by atoms with Gasteiger partial charge in [-0.2, -0.15) is 0 Å². The van der Waals surface area contributed by atoms with Gasteiger partial charge in [-0.25, -0.2) is 0 Å². The summed E-state index contributed by atoms with van der Waals surface area (Å²) in [5.74, 6) is 2.79. The van der Waals surface area contributed by atoms with Crippen LogP contribution in [0.3, 0.4) is 0 Å². The largest absolute Gasteiger partial charge is 0.381 e. The second-order valence-corrected chi connectivity index (χ2v) is 7.26. The monoisotopic (exact) mass is 300 g/mol. The van der Waals surface area contributed by atoms with E-state index in [1.54, 1.807) is 0 Å². The second-order valence-electron chi connectivity index (χ2n) is 6.09. The molecule has 0 unspecified atom stereocenters. The van der Waals surface area contributed by atoms with Crippen LogP contribution in [0.5, 0.6) is 0 Å².